The molecule has 5 heterocycles. The maximum Gasteiger partial charge on any atom is 0.258 e. The SMILES string of the molecule is CC1=NCC(N2Cc3nn(-c4ccc(N5CCCC5)nc4)cc3C2=O)C=C1. The fourth-order valence-electron chi connectivity index (χ4n) is 3.94. The van der Waals surface area contributed by atoms with Gasteiger partial charge in [0.25, 0.3) is 5.91 Å². The fraction of sp³-hybridized carbons (Fsp3) is 0.400. The van der Waals surface area contributed by atoms with Crippen LogP contribution in [-0.2, 0) is 6.54 Å². The van der Waals surface area contributed by atoms with E-state index in [1.807, 2.05) is 42.4 Å². The first-order valence-corrected chi connectivity index (χ1v) is 9.49. The number of amides is 1. The predicted octanol–water partition coefficient (Wildman–Crippen LogP) is 2.22. The minimum Gasteiger partial charge on any atom is -0.357 e. The number of hydrogen-bond donors (Lipinski definition) is 0. The molecule has 27 heavy (non-hydrogen) atoms. The molecule has 0 aromatic carbocycles. The van der Waals surface area contributed by atoms with E-state index in [9.17, 15) is 4.79 Å². The number of aliphatic imine (C=N–C) groups is 1. The number of carbonyl (C=O) groups excluding carboxylic acids is 1. The zero-order valence-corrected chi connectivity index (χ0v) is 15.4. The Morgan fingerprint density at radius 2 is 2.04 bits per heavy atom. The third kappa shape index (κ3) is 2.83. The third-order valence-electron chi connectivity index (χ3n) is 5.52. The molecule has 0 bridgehead atoms. The Hall–Kier alpha value is -2.96. The number of dihydropyridines is 1. The Labute approximate surface area is 158 Å². The van der Waals surface area contributed by atoms with Crippen molar-refractivity contribution in [2.45, 2.75) is 32.4 Å². The smallest absolute Gasteiger partial charge is 0.258 e. The lowest BCUT2D eigenvalue weighted by molar-refractivity contribution is 0.0739. The zero-order chi connectivity index (χ0) is 18.4. The first kappa shape index (κ1) is 16.2. The molecule has 5 rings (SSSR count). The van der Waals surface area contributed by atoms with Crippen LogP contribution < -0.4 is 4.90 Å². The fourth-order valence-corrected chi connectivity index (χ4v) is 3.94. The highest BCUT2D eigenvalue weighted by molar-refractivity contribution is 5.98. The molecule has 7 heteroatoms. The topological polar surface area (TPSA) is 66.6 Å². The molecule has 1 amide bonds. The van der Waals surface area contributed by atoms with Crippen molar-refractivity contribution in [1.29, 1.82) is 0 Å². The maximum atomic E-state index is 12.8. The van der Waals surface area contributed by atoms with Crippen molar-refractivity contribution in [2.24, 2.45) is 4.99 Å². The Morgan fingerprint density at radius 3 is 2.70 bits per heavy atom. The van der Waals surface area contributed by atoms with Gasteiger partial charge in [0.1, 0.15) is 5.82 Å². The largest absolute Gasteiger partial charge is 0.357 e. The summed E-state index contributed by atoms with van der Waals surface area (Å²) in [5.74, 6) is 1.04. The molecule has 0 radical (unpaired) electrons. The molecule has 3 aliphatic heterocycles. The highest BCUT2D eigenvalue weighted by Gasteiger charge is 2.35. The van der Waals surface area contributed by atoms with Crippen LogP contribution in [0.5, 0.6) is 0 Å². The molecule has 138 valence electrons. The van der Waals surface area contributed by atoms with E-state index in [1.165, 1.54) is 12.8 Å². The molecular weight excluding hydrogens is 340 g/mol. The van der Waals surface area contributed by atoms with Crippen molar-refractivity contribution >= 4 is 17.4 Å². The first-order chi connectivity index (χ1) is 13.2. The van der Waals surface area contributed by atoms with Crippen molar-refractivity contribution in [2.75, 3.05) is 24.5 Å². The normalized spacial score (nSPS) is 21.7. The van der Waals surface area contributed by atoms with Crippen molar-refractivity contribution < 1.29 is 4.79 Å². The number of aromatic nitrogens is 3. The van der Waals surface area contributed by atoms with Crippen LogP contribution >= 0.6 is 0 Å². The summed E-state index contributed by atoms with van der Waals surface area (Å²) >= 11 is 0. The lowest BCUT2D eigenvalue weighted by Gasteiger charge is -2.25. The quantitative estimate of drug-likeness (QED) is 0.840. The second-order valence-electron chi connectivity index (χ2n) is 7.34. The number of anilines is 1. The average molecular weight is 362 g/mol. The third-order valence-corrected chi connectivity index (χ3v) is 5.52. The summed E-state index contributed by atoms with van der Waals surface area (Å²) in [5, 5.41) is 4.64. The maximum absolute atomic E-state index is 12.8. The molecule has 1 saturated heterocycles. The average Bonchev–Trinajstić information content (AvgIpc) is 3.41. The van der Waals surface area contributed by atoms with Gasteiger partial charge >= 0.3 is 0 Å². The van der Waals surface area contributed by atoms with Gasteiger partial charge in [-0.3, -0.25) is 9.79 Å². The van der Waals surface area contributed by atoms with E-state index in [-0.39, 0.29) is 11.9 Å². The van der Waals surface area contributed by atoms with Crippen LogP contribution in [-0.4, -0.2) is 57.0 Å². The highest BCUT2D eigenvalue weighted by Crippen LogP contribution is 2.26. The van der Waals surface area contributed by atoms with E-state index >= 15 is 0 Å². The molecule has 0 spiro atoms. The Balaban J connectivity index is 1.34. The van der Waals surface area contributed by atoms with Crippen LogP contribution in [0.15, 0.2) is 41.7 Å². The standard InChI is InChI=1S/C20H22N6O/c1-14-4-5-15(10-21-14)25-13-18-17(20(25)27)12-26(23-18)16-6-7-19(22-11-16)24-8-2-3-9-24/h4-7,11-12,15H,2-3,8-10,13H2,1H3. The number of fused-ring (bicyclic) bond motifs is 1. The van der Waals surface area contributed by atoms with E-state index in [0.717, 1.165) is 36.0 Å². The molecule has 0 N–H and O–H groups in total. The van der Waals surface area contributed by atoms with Crippen LogP contribution in [0.1, 0.15) is 35.8 Å². The van der Waals surface area contributed by atoms with E-state index in [0.29, 0.717) is 18.7 Å². The van der Waals surface area contributed by atoms with Crippen molar-refractivity contribution in [1.82, 2.24) is 19.7 Å². The van der Waals surface area contributed by atoms with Gasteiger partial charge in [-0.15, -0.1) is 0 Å². The number of nitrogens with zero attached hydrogens (tertiary/aromatic N) is 6. The second kappa shape index (κ2) is 6.33. The molecule has 1 atom stereocenters. The number of carbonyl (C=O) groups is 1. The molecule has 2 aromatic rings. The molecule has 0 saturated carbocycles. The van der Waals surface area contributed by atoms with Crippen LogP contribution in [0.3, 0.4) is 0 Å². The number of pyridine rings is 1. The molecule has 3 aliphatic rings. The number of allylic oxidation sites excluding steroid dienone is 1. The molecular formula is C20H22N6O. The summed E-state index contributed by atoms with van der Waals surface area (Å²) in [4.78, 5) is 26.0. The predicted molar refractivity (Wildman–Crippen MR) is 104 cm³/mol. The van der Waals surface area contributed by atoms with E-state index in [1.54, 1.807) is 4.68 Å². The summed E-state index contributed by atoms with van der Waals surface area (Å²) in [7, 11) is 0. The van der Waals surface area contributed by atoms with Gasteiger partial charge in [-0.1, -0.05) is 6.08 Å². The van der Waals surface area contributed by atoms with Gasteiger partial charge in [0.2, 0.25) is 0 Å². The lowest BCUT2D eigenvalue weighted by Crippen LogP contribution is -2.37. The summed E-state index contributed by atoms with van der Waals surface area (Å²) < 4.78 is 1.76. The summed E-state index contributed by atoms with van der Waals surface area (Å²) in [6.45, 7) is 5.28. The van der Waals surface area contributed by atoms with Crippen LogP contribution in [0, 0.1) is 0 Å². The van der Waals surface area contributed by atoms with Gasteiger partial charge in [0.05, 0.1) is 42.3 Å². The lowest BCUT2D eigenvalue weighted by atomic mass is 10.1. The van der Waals surface area contributed by atoms with E-state index < -0.39 is 0 Å². The van der Waals surface area contributed by atoms with Crippen molar-refractivity contribution in [3.8, 4) is 5.69 Å². The Kier molecular flexibility index (Phi) is 3.81. The second-order valence-corrected chi connectivity index (χ2v) is 7.34. The molecule has 1 unspecified atom stereocenters. The van der Waals surface area contributed by atoms with E-state index in [4.69, 9.17) is 0 Å². The summed E-state index contributed by atoms with van der Waals surface area (Å²) in [6.07, 6.45) is 10.2. The van der Waals surface area contributed by atoms with Gasteiger partial charge in [0.15, 0.2) is 0 Å². The van der Waals surface area contributed by atoms with Gasteiger partial charge in [0, 0.05) is 25.0 Å². The van der Waals surface area contributed by atoms with Crippen LogP contribution in [0.4, 0.5) is 5.82 Å². The Bertz CT molecular complexity index is 936. The van der Waals surface area contributed by atoms with E-state index in [2.05, 4.69) is 26.1 Å². The summed E-state index contributed by atoms with van der Waals surface area (Å²) in [6, 6.07) is 4.08. The molecule has 2 aromatic heterocycles. The van der Waals surface area contributed by atoms with Gasteiger partial charge in [-0.25, -0.2) is 9.67 Å². The molecule has 1 fully saturated rings. The van der Waals surface area contributed by atoms with Crippen molar-refractivity contribution in [3.63, 3.8) is 0 Å². The minimum absolute atomic E-state index is 0.0188. The minimum atomic E-state index is 0.0188. The number of hydrogen-bond acceptors (Lipinski definition) is 5. The van der Waals surface area contributed by atoms with Gasteiger partial charge < -0.3 is 9.80 Å². The molecule has 7 nitrogen and oxygen atoms in total. The molecule has 0 aliphatic carbocycles. The van der Waals surface area contributed by atoms with Gasteiger partial charge in [-0.2, -0.15) is 5.10 Å². The van der Waals surface area contributed by atoms with Crippen LogP contribution in [0.2, 0.25) is 0 Å². The first-order valence-electron chi connectivity index (χ1n) is 9.49. The monoisotopic (exact) mass is 362 g/mol. The van der Waals surface area contributed by atoms with Crippen molar-refractivity contribution in [3.05, 3.63) is 47.9 Å². The van der Waals surface area contributed by atoms with Crippen LogP contribution in [0.25, 0.3) is 5.69 Å². The van der Waals surface area contributed by atoms with Gasteiger partial charge in [-0.05, 0) is 38.0 Å². The number of rotatable bonds is 3. The summed E-state index contributed by atoms with van der Waals surface area (Å²) in [5.41, 5.74) is 3.39. The highest BCUT2D eigenvalue weighted by atomic mass is 16.2. The Morgan fingerprint density at radius 1 is 1.19 bits per heavy atom. The zero-order valence-electron chi connectivity index (χ0n) is 15.4.